The molecule has 0 fully saturated rings. The van der Waals surface area contributed by atoms with Crippen LogP contribution >= 0.6 is 0 Å². The predicted octanol–water partition coefficient (Wildman–Crippen LogP) is -0.510. The van der Waals surface area contributed by atoms with Gasteiger partial charge in [-0.1, -0.05) is 0 Å². The first-order valence-electron chi connectivity index (χ1n) is 3.25. The van der Waals surface area contributed by atoms with E-state index in [1.807, 2.05) is 20.9 Å². The quantitative estimate of drug-likeness (QED) is 0.356. The third-order valence-corrected chi connectivity index (χ3v) is 0.956. The molecule has 4 N–H and O–H groups in total. The zero-order chi connectivity index (χ0) is 7.33. The summed E-state index contributed by atoms with van der Waals surface area (Å²) in [5, 5.41) is 6.16. The van der Waals surface area contributed by atoms with E-state index in [0.29, 0.717) is 0 Å². The Hall–Kier alpha value is -0.120. The van der Waals surface area contributed by atoms with Crippen molar-refractivity contribution < 1.29 is 0 Å². The number of nitrogens with two attached hydrogens (primary N) is 1. The lowest BCUT2D eigenvalue weighted by molar-refractivity contribution is 0.404. The summed E-state index contributed by atoms with van der Waals surface area (Å²) in [5.41, 5.74) is 5.40. The summed E-state index contributed by atoms with van der Waals surface area (Å²) in [7, 11) is 1.92. The molecular weight excluding hydrogens is 114 g/mol. The Labute approximate surface area is 57.0 Å². The first kappa shape index (κ1) is 8.88. The van der Waals surface area contributed by atoms with Gasteiger partial charge in [-0.15, -0.1) is 0 Å². The fourth-order valence-corrected chi connectivity index (χ4v) is 0.510. The molecule has 0 amide bonds. The van der Waals surface area contributed by atoms with Crippen molar-refractivity contribution in [2.75, 3.05) is 20.1 Å². The Morgan fingerprint density at radius 2 is 1.89 bits per heavy atom. The molecule has 56 valence electrons. The molecule has 0 saturated heterocycles. The van der Waals surface area contributed by atoms with Gasteiger partial charge in [0.1, 0.15) is 0 Å². The van der Waals surface area contributed by atoms with Gasteiger partial charge in [0.25, 0.3) is 0 Å². The van der Waals surface area contributed by atoms with Crippen LogP contribution in [0.1, 0.15) is 13.8 Å². The molecule has 0 rings (SSSR count). The molecule has 0 bridgehead atoms. The zero-order valence-electron chi connectivity index (χ0n) is 6.49. The number of hydrogen-bond donors (Lipinski definition) is 3. The van der Waals surface area contributed by atoms with Gasteiger partial charge in [0.05, 0.1) is 5.66 Å². The summed E-state index contributed by atoms with van der Waals surface area (Å²) in [5.74, 6) is 0. The Kier molecular flexibility index (Phi) is 3.77. The van der Waals surface area contributed by atoms with Gasteiger partial charge in [-0.3, -0.25) is 5.32 Å². The van der Waals surface area contributed by atoms with E-state index in [4.69, 9.17) is 5.73 Å². The third kappa shape index (κ3) is 7.88. The monoisotopic (exact) mass is 131 g/mol. The Morgan fingerprint density at radius 1 is 1.33 bits per heavy atom. The summed E-state index contributed by atoms with van der Waals surface area (Å²) >= 11 is 0. The zero-order valence-corrected chi connectivity index (χ0v) is 6.49. The Balaban J connectivity index is 3.07. The van der Waals surface area contributed by atoms with Gasteiger partial charge in [0.2, 0.25) is 0 Å². The molecule has 0 atom stereocenters. The van der Waals surface area contributed by atoms with Crippen molar-refractivity contribution in [3.05, 3.63) is 0 Å². The van der Waals surface area contributed by atoms with Crippen LogP contribution in [0.3, 0.4) is 0 Å². The van der Waals surface area contributed by atoms with Gasteiger partial charge in [0.15, 0.2) is 0 Å². The molecule has 0 saturated carbocycles. The lowest BCUT2D eigenvalue weighted by atomic mass is 10.3. The number of rotatable bonds is 4. The number of nitrogens with one attached hydrogen (secondary N) is 2. The van der Waals surface area contributed by atoms with Crippen molar-refractivity contribution in [2.45, 2.75) is 19.5 Å². The molecule has 9 heavy (non-hydrogen) atoms. The Morgan fingerprint density at radius 3 is 2.22 bits per heavy atom. The highest BCUT2D eigenvalue weighted by Crippen LogP contribution is 1.86. The van der Waals surface area contributed by atoms with E-state index < -0.39 is 0 Å². The van der Waals surface area contributed by atoms with Crippen LogP contribution in [-0.4, -0.2) is 25.8 Å². The molecule has 0 aromatic heterocycles. The summed E-state index contributed by atoms with van der Waals surface area (Å²) < 4.78 is 0. The van der Waals surface area contributed by atoms with Gasteiger partial charge in [0, 0.05) is 13.1 Å². The number of likely N-dealkylation sites (N-methyl/N-ethyl adjacent to an activating group) is 1. The molecule has 0 spiro atoms. The third-order valence-electron chi connectivity index (χ3n) is 0.956. The van der Waals surface area contributed by atoms with Crippen LogP contribution in [0, 0.1) is 0 Å². The van der Waals surface area contributed by atoms with Crippen LogP contribution in [0.5, 0.6) is 0 Å². The van der Waals surface area contributed by atoms with Crippen LogP contribution in [0.2, 0.25) is 0 Å². The van der Waals surface area contributed by atoms with Gasteiger partial charge >= 0.3 is 0 Å². The predicted molar refractivity (Wildman–Crippen MR) is 40.2 cm³/mol. The molecule has 3 heteroatoms. The molecule has 0 aromatic rings. The molecule has 0 unspecified atom stereocenters. The summed E-state index contributed by atoms with van der Waals surface area (Å²) in [6.07, 6.45) is 0. The smallest absolute Gasteiger partial charge is 0.0604 e. The maximum Gasteiger partial charge on any atom is 0.0604 e. The highest BCUT2D eigenvalue weighted by atomic mass is 15.1. The van der Waals surface area contributed by atoms with Crippen molar-refractivity contribution in [2.24, 2.45) is 5.73 Å². The average Bonchev–Trinajstić information content (AvgIpc) is 1.63. The van der Waals surface area contributed by atoms with Crippen molar-refractivity contribution in [1.82, 2.24) is 10.6 Å². The van der Waals surface area contributed by atoms with E-state index in [9.17, 15) is 0 Å². The second-order valence-corrected chi connectivity index (χ2v) is 2.75. The molecule has 0 aliphatic heterocycles. The van der Waals surface area contributed by atoms with E-state index >= 15 is 0 Å². The Bertz CT molecular complexity index is 65.2. The summed E-state index contributed by atoms with van der Waals surface area (Å²) in [6, 6.07) is 0. The lowest BCUT2D eigenvalue weighted by Gasteiger charge is -2.20. The maximum absolute atomic E-state index is 5.64. The molecule has 0 heterocycles. The van der Waals surface area contributed by atoms with Crippen LogP contribution in [0.25, 0.3) is 0 Å². The van der Waals surface area contributed by atoms with E-state index in [1.165, 1.54) is 0 Å². The molecule has 3 nitrogen and oxygen atoms in total. The summed E-state index contributed by atoms with van der Waals surface area (Å²) in [4.78, 5) is 0. The first-order chi connectivity index (χ1) is 4.06. The van der Waals surface area contributed by atoms with Crippen LogP contribution < -0.4 is 16.4 Å². The van der Waals surface area contributed by atoms with Crippen LogP contribution in [-0.2, 0) is 0 Å². The lowest BCUT2D eigenvalue weighted by Crippen LogP contribution is -2.49. The molecule has 0 aliphatic rings. The van der Waals surface area contributed by atoms with Gasteiger partial charge in [-0.2, -0.15) is 0 Å². The SMILES string of the molecule is CNCCNC(C)(C)N. The normalized spacial score (nSPS) is 12.0. The van der Waals surface area contributed by atoms with E-state index in [1.54, 1.807) is 0 Å². The fourth-order valence-electron chi connectivity index (χ4n) is 0.510. The fraction of sp³-hybridized carbons (Fsp3) is 1.00. The van der Waals surface area contributed by atoms with Gasteiger partial charge in [-0.25, -0.2) is 0 Å². The van der Waals surface area contributed by atoms with Crippen LogP contribution in [0.15, 0.2) is 0 Å². The molecular formula is C6H17N3. The van der Waals surface area contributed by atoms with Crippen LogP contribution in [0.4, 0.5) is 0 Å². The largest absolute Gasteiger partial charge is 0.318 e. The molecule has 0 aromatic carbocycles. The van der Waals surface area contributed by atoms with E-state index in [0.717, 1.165) is 13.1 Å². The first-order valence-corrected chi connectivity index (χ1v) is 3.25. The van der Waals surface area contributed by atoms with E-state index in [2.05, 4.69) is 10.6 Å². The highest BCUT2D eigenvalue weighted by molar-refractivity contribution is 4.67. The summed E-state index contributed by atoms with van der Waals surface area (Å²) in [6.45, 7) is 5.77. The second-order valence-electron chi connectivity index (χ2n) is 2.75. The topological polar surface area (TPSA) is 50.1 Å². The maximum atomic E-state index is 5.64. The van der Waals surface area contributed by atoms with Crippen molar-refractivity contribution in [3.8, 4) is 0 Å². The molecule has 0 aliphatic carbocycles. The average molecular weight is 131 g/mol. The van der Waals surface area contributed by atoms with E-state index in [-0.39, 0.29) is 5.66 Å². The highest BCUT2D eigenvalue weighted by Gasteiger charge is 2.06. The second kappa shape index (κ2) is 3.82. The minimum atomic E-state index is -0.239. The standard InChI is InChI=1S/C6H17N3/c1-6(2,7)9-5-4-8-3/h8-9H,4-5,7H2,1-3H3. The van der Waals surface area contributed by atoms with Crippen molar-refractivity contribution >= 4 is 0 Å². The minimum Gasteiger partial charge on any atom is -0.318 e. The van der Waals surface area contributed by atoms with Gasteiger partial charge < -0.3 is 11.1 Å². The van der Waals surface area contributed by atoms with Crippen molar-refractivity contribution in [1.29, 1.82) is 0 Å². The number of hydrogen-bond acceptors (Lipinski definition) is 3. The van der Waals surface area contributed by atoms with Crippen molar-refractivity contribution in [3.63, 3.8) is 0 Å². The van der Waals surface area contributed by atoms with Gasteiger partial charge in [-0.05, 0) is 20.9 Å². The minimum absolute atomic E-state index is 0.239. The molecule has 0 radical (unpaired) electrons.